The first-order valence-electron chi connectivity index (χ1n) is 11.6. The van der Waals surface area contributed by atoms with Gasteiger partial charge in [0.25, 0.3) is 11.6 Å². The first kappa shape index (κ1) is 24.8. The summed E-state index contributed by atoms with van der Waals surface area (Å²) in [6.45, 7) is 0.915. The molecule has 7 nitrogen and oxygen atoms in total. The molecule has 11 heteroatoms. The fourth-order valence-electron chi connectivity index (χ4n) is 4.41. The van der Waals surface area contributed by atoms with Gasteiger partial charge in [0.2, 0.25) is 0 Å². The minimum Gasteiger partial charge on any atom is -0.328 e. The van der Waals surface area contributed by atoms with Gasteiger partial charge in [0.05, 0.1) is 32.0 Å². The van der Waals surface area contributed by atoms with Crippen molar-refractivity contribution in [3.05, 3.63) is 87.7 Å². The molecule has 0 unspecified atom stereocenters. The Bertz CT molecular complexity index is 1520. The maximum Gasteiger partial charge on any atom is 0.416 e. The Hall–Kier alpha value is -3.86. The second kappa shape index (κ2) is 9.89. The van der Waals surface area contributed by atoms with Crippen LogP contribution in [0.3, 0.4) is 0 Å². The minimum absolute atomic E-state index is 0.000760. The zero-order valence-electron chi connectivity index (χ0n) is 19.4. The maximum atomic E-state index is 13.2. The van der Waals surface area contributed by atoms with Crippen LogP contribution < -0.4 is 5.32 Å². The predicted octanol–water partition coefficient (Wildman–Crippen LogP) is 7.09. The number of amides is 1. The van der Waals surface area contributed by atoms with E-state index in [-0.39, 0.29) is 10.5 Å². The summed E-state index contributed by atoms with van der Waals surface area (Å²) in [7, 11) is 0. The van der Waals surface area contributed by atoms with Crippen LogP contribution in [0.15, 0.2) is 70.5 Å². The zero-order chi connectivity index (χ0) is 26.2. The SMILES string of the molecule is O=C(Nc1ccc2c(c1)nc1n2CCCCC1)c1ccccc1Sc1ccc(C(F)(F)F)cc1[N+](=O)[O-]. The van der Waals surface area contributed by atoms with Crippen LogP contribution in [0.4, 0.5) is 24.5 Å². The fraction of sp³-hybridized carbons (Fsp3) is 0.231. The number of halogens is 3. The van der Waals surface area contributed by atoms with Crippen molar-refractivity contribution >= 4 is 40.1 Å². The highest BCUT2D eigenvalue weighted by Crippen LogP contribution is 2.40. The Morgan fingerprint density at radius 2 is 1.84 bits per heavy atom. The van der Waals surface area contributed by atoms with E-state index in [0.29, 0.717) is 16.6 Å². The summed E-state index contributed by atoms with van der Waals surface area (Å²) in [6.07, 6.45) is -0.426. The van der Waals surface area contributed by atoms with E-state index in [2.05, 4.69) is 9.88 Å². The Morgan fingerprint density at radius 1 is 1.03 bits per heavy atom. The lowest BCUT2D eigenvalue weighted by molar-refractivity contribution is -0.388. The van der Waals surface area contributed by atoms with Crippen molar-refractivity contribution in [2.75, 3.05) is 5.32 Å². The van der Waals surface area contributed by atoms with Crippen molar-refractivity contribution in [3.63, 3.8) is 0 Å². The third kappa shape index (κ3) is 5.17. The van der Waals surface area contributed by atoms with Gasteiger partial charge in [-0.3, -0.25) is 14.9 Å². The molecule has 1 N–H and O–H groups in total. The standard InChI is InChI=1S/C26H21F3N4O3S/c27-26(28,29)16-9-12-23(21(14-16)33(35)36)37-22-7-4-3-6-18(22)25(34)30-17-10-11-20-19(15-17)31-24-8-2-1-5-13-32(20)24/h3-4,6-7,9-12,14-15H,1-2,5,8,13H2,(H,30,34). The summed E-state index contributed by atoms with van der Waals surface area (Å²) in [4.78, 5) is 28.9. The average molecular weight is 527 g/mol. The number of aromatic nitrogens is 2. The second-order valence-electron chi connectivity index (χ2n) is 8.68. The lowest BCUT2D eigenvalue weighted by Crippen LogP contribution is -2.13. The van der Waals surface area contributed by atoms with Gasteiger partial charge in [-0.15, -0.1) is 0 Å². The summed E-state index contributed by atoms with van der Waals surface area (Å²) in [5.74, 6) is 0.591. The van der Waals surface area contributed by atoms with Crippen molar-refractivity contribution in [3.8, 4) is 0 Å². The van der Waals surface area contributed by atoms with Crippen LogP contribution in [-0.2, 0) is 19.1 Å². The van der Waals surface area contributed by atoms with Crippen LogP contribution in [0.5, 0.6) is 0 Å². The number of nitro groups is 1. The van der Waals surface area contributed by atoms with Gasteiger partial charge in [-0.2, -0.15) is 13.2 Å². The number of anilines is 1. The smallest absolute Gasteiger partial charge is 0.328 e. The molecule has 190 valence electrons. The number of carbonyl (C=O) groups is 1. The normalized spacial score (nSPS) is 13.7. The lowest BCUT2D eigenvalue weighted by Gasteiger charge is -2.12. The Morgan fingerprint density at radius 3 is 2.62 bits per heavy atom. The molecular weight excluding hydrogens is 505 g/mol. The molecule has 3 aromatic carbocycles. The Labute approximate surface area is 213 Å². The highest BCUT2D eigenvalue weighted by atomic mass is 32.2. The summed E-state index contributed by atoms with van der Waals surface area (Å²) < 4.78 is 41.4. The van der Waals surface area contributed by atoms with E-state index < -0.39 is 28.3 Å². The highest BCUT2D eigenvalue weighted by Gasteiger charge is 2.33. The molecule has 0 aliphatic carbocycles. The van der Waals surface area contributed by atoms with Crippen molar-refractivity contribution in [1.82, 2.24) is 9.55 Å². The average Bonchev–Trinajstić information content (AvgIpc) is 3.03. The van der Waals surface area contributed by atoms with Gasteiger partial charge in [0.1, 0.15) is 5.82 Å². The van der Waals surface area contributed by atoms with E-state index in [1.54, 1.807) is 30.3 Å². The molecule has 0 saturated carbocycles. The van der Waals surface area contributed by atoms with E-state index in [0.717, 1.165) is 66.6 Å². The fourth-order valence-corrected chi connectivity index (χ4v) is 5.44. The number of fused-ring (bicyclic) bond motifs is 3. The second-order valence-corrected chi connectivity index (χ2v) is 9.77. The molecule has 0 fully saturated rings. The van der Waals surface area contributed by atoms with Crippen molar-refractivity contribution in [2.45, 2.75) is 48.2 Å². The number of rotatable bonds is 5. The number of carbonyl (C=O) groups excluding carboxylic acids is 1. The van der Waals surface area contributed by atoms with Gasteiger partial charge in [0.15, 0.2) is 0 Å². The number of nitrogens with zero attached hydrogens (tertiary/aromatic N) is 3. The minimum atomic E-state index is -4.71. The molecule has 0 spiro atoms. The molecule has 2 heterocycles. The van der Waals surface area contributed by atoms with E-state index in [1.165, 1.54) is 6.42 Å². The van der Waals surface area contributed by atoms with Crippen LogP contribution >= 0.6 is 11.8 Å². The van der Waals surface area contributed by atoms with Gasteiger partial charge < -0.3 is 9.88 Å². The molecule has 0 atom stereocenters. The topological polar surface area (TPSA) is 90.1 Å². The Balaban J connectivity index is 1.41. The van der Waals surface area contributed by atoms with Gasteiger partial charge in [0, 0.05) is 29.6 Å². The molecule has 37 heavy (non-hydrogen) atoms. The third-order valence-electron chi connectivity index (χ3n) is 6.20. The Kier molecular flexibility index (Phi) is 6.63. The lowest BCUT2D eigenvalue weighted by atomic mass is 10.2. The summed E-state index contributed by atoms with van der Waals surface area (Å²) in [5, 5.41) is 14.3. The van der Waals surface area contributed by atoms with Gasteiger partial charge in [-0.05, 0) is 55.3 Å². The molecule has 5 rings (SSSR count). The van der Waals surface area contributed by atoms with E-state index >= 15 is 0 Å². The predicted molar refractivity (Wildman–Crippen MR) is 134 cm³/mol. The summed E-state index contributed by atoms with van der Waals surface area (Å²) in [5.41, 5.74) is 0.799. The van der Waals surface area contributed by atoms with Crippen LogP contribution in [0, 0.1) is 10.1 Å². The van der Waals surface area contributed by atoms with Crippen LogP contribution in [0.1, 0.15) is 41.0 Å². The molecule has 1 aliphatic heterocycles. The molecule has 4 aromatic rings. The van der Waals surface area contributed by atoms with Crippen LogP contribution in [0.2, 0.25) is 0 Å². The quantitative estimate of drug-likeness (QED) is 0.221. The number of aryl methyl sites for hydroxylation is 2. The highest BCUT2D eigenvalue weighted by molar-refractivity contribution is 7.99. The van der Waals surface area contributed by atoms with E-state index in [4.69, 9.17) is 4.98 Å². The van der Waals surface area contributed by atoms with Crippen LogP contribution in [0.25, 0.3) is 11.0 Å². The van der Waals surface area contributed by atoms with E-state index in [9.17, 15) is 28.1 Å². The molecule has 1 amide bonds. The molecule has 1 aliphatic rings. The van der Waals surface area contributed by atoms with Crippen molar-refractivity contribution < 1.29 is 22.9 Å². The third-order valence-corrected chi connectivity index (χ3v) is 7.34. The van der Waals surface area contributed by atoms with Crippen molar-refractivity contribution in [1.29, 1.82) is 0 Å². The molecule has 0 saturated heterocycles. The number of nitrogens with one attached hydrogen (secondary N) is 1. The van der Waals surface area contributed by atoms with Crippen molar-refractivity contribution in [2.24, 2.45) is 0 Å². The number of benzene rings is 3. The van der Waals surface area contributed by atoms with Crippen LogP contribution in [-0.4, -0.2) is 20.4 Å². The van der Waals surface area contributed by atoms with Gasteiger partial charge >= 0.3 is 6.18 Å². The number of nitro benzene ring substituents is 1. The first-order valence-corrected chi connectivity index (χ1v) is 12.5. The number of imidazole rings is 1. The molecule has 1 aromatic heterocycles. The van der Waals surface area contributed by atoms with Gasteiger partial charge in [-0.25, -0.2) is 4.98 Å². The van der Waals surface area contributed by atoms with E-state index in [1.807, 2.05) is 12.1 Å². The van der Waals surface area contributed by atoms with Gasteiger partial charge in [-0.1, -0.05) is 30.3 Å². The maximum absolute atomic E-state index is 13.2. The molecule has 0 bridgehead atoms. The largest absolute Gasteiger partial charge is 0.416 e. The first-order chi connectivity index (χ1) is 17.7. The molecular formula is C26H21F3N4O3S. The molecule has 0 radical (unpaired) electrons. The zero-order valence-corrected chi connectivity index (χ0v) is 20.2. The number of alkyl halides is 3. The summed E-state index contributed by atoms with van der Waals surface area (Å²) in [6, 6.07) is 14.3. The monoisotopic (exact) mass is 526 g/mol. The number of hydrogen-bond donors (Lipinski definition) is 1. The summed E-state index contributed by atoms with van der Waals surface area (Å²) >= 11 is 0.865. The number of hydrogen-bond acceptors (Lipinski definition) is 5.